The molecule has 0 radical (unpaired) electrons. The highest BCUT2D eigenvalue weighted by atomic mass is 32.1. The van der Waals surface area contributed by atoms with Gasteiger partial charge >= 0.3 is 0 Å². The van der Waals surface area contributed by atoms with Gasteiger partial charge in [0.1, 0.15) is 5.56 Å². The first kappa shape index (κ1) is 19.8. The van der Waals surface area contributed by atoms with E-state index in [1.54, 1.807) is 11.3 Å². The van der Waals surface area contributed by atoms with Gasteiger partial charge < -0.3 is 19.3 Å². The Labute approximate surface area is 175 Å². The van der Waals surface area contributed by atoms with Crippen molar-refractivity contribution in [1.82, 2.24) is 15.5 Å². The lowest BCUT2D eigenvalue weighted by atomic mass is 10.1. The number of ether oxygens (including phenoxy) is 2. The molecule has 1 amide bonds. The Morgan fingerprint density at radius 2 is 2.07 bits per heavy atom. The van der Waals surface area contributed by atoms with Gasteiger partial charge in [-0.2, -0.15) is 4.98 Å². The average molecular weight is 430 g/mol. The molecule has 3 heterocycles. The van der Waals surface area contributed by atoms with Gasteiger partial charge in [-0.05, 0) is 24.3 Å². The van der Waals surface area contributed by atoms with E-state index in [2.05, 4.69) is 15.5 Å². The van der Waals surface area contributed by atoms with Crippen molar-refractivity contribution >= 4 is 22.9 Å². The number of unbranched alkanes of at least 4 members (excludes halogenated alkanes) is 2. The number of nitrogens with zero attached hydrogens (tertiary/aromatic N) is 3. The fourth-order valence-corrected chi connectivity index (χ4v) is 3.65. The number of carbonyl (C=O) groups is 1. The maximum absolute atomic E-state index is 12.4. The Morgan fingerprint density at radius 3 is 2.83 bits per heavy atom. The van der Waals surface area contributed by atoms with Gasteiger partial charge in [0.05, 0.1) is 15.9 Å². The molecule has 0 aliphatic carbocycles. The molecule has 0 saturated carbocycles. The van der Waals surface area contributed by atoms with Crippen molar-refractivity contribution in [2.24, 2.45) is 0 Å². The van der Waals surface area contributed by atoms with Gasteiger partial charge in [0.2, 0.25) is 18.5 Å². The van der Waals surface area contributed by atoms with Crippen LogP contribution in [0, 0.1) is 10.1 Å². The normalized spacial score (nSPS) is 12.1. The van der Waals surface area contributed by atoms with Crippen molar-refractivity contribution in [3.05, 3.63) is 51.2 Å². The summed E-state index contributed by atoms with van der Waals surface area (Å²) < 4.78 is 15.6. The zero-order valence-electron chi connectivity index (χ0n) is 15.8. The number of hydrogen-bond donors (Lipinski definition) is 1. The molecule has 0 atom stereocenters. The average Bonchev–Trinajstić information content (AvgIpc) is 3.50. The lowest BCUT2D eigenvalue weighted by molar-refractivity contribution is -0.385. The molecule has 0 bridgehead atoms. The van der Waals surface area contributed by atoms with Gasteiger partial charge in [-0.15, -0.1) is 11.3 Å². The van der Waals surface area contributed by atoms with E-state index >= 15 is 0 Å². The first-order valence-electron chi connectivity index (χ1n) is 9.34. The van der Waals surface area contributed by atoms with Crippen LogP contribution < -0.4 is 14.8 Å². The Kier molecular flexibility index (Phi) is 5.89. The molecule has 0 saturated heterocycles. The van der Waals surface area contributed by atoms with E-state index in [0.717, 1.165) is 24.1 Å². The summed E-state index contributed by atoms with van der Waals surface area (Å²) in [6.45, 7) is 0.376. The third kappa shape index (κ3) is 4.40. The Hall–Kier alpha value is -3.47. The van der Waals surface area contributed by atoms with E-state index in [4.69, 9.17) is 14.0 Å². The van der Waals surface area contributed by atoms with Crippen LogP contribution in [-0.2, 0) is 6.42 Å². The van der Waals surface area contributed by atoms with E-state index in [0.29, 0.717) is 30.4 Å². The summed E-state index contributed by atoms with van der Waals surface area (Å²) in [7, 11) is 0. The molecule has 0 spiro atoms. The van der Waals surface area contributed by atoms with Gasteiger partial charge in [-0.3, -0.25) is 14.9 Å². The number of rotatable bonds is 9. The van der Waals surface area contributed by atoms with Crippen molar-refractivity contribution in [2.75, 3.05) is 13.3 Å². The molecule has 156 valence electrons. The van der Waals surface area contributed by atoms with Crippen LogP contribution in [0.5, 0.6) is 11.5 Å². The molecular weight excluding hydrogens is 412 g/mol. The number of nitro groups is 1. The van der Waals surface area contributed by atoms with Crippen LogP contribution >= 0.6 is 11.3 Å². The Balaban J connectivity index is 1.22. The van der Waals surface area contributed by atoms with Crippen LogP contribution in [0.25, 0.3) is 10.7 Å². The van der Waals surface area contributed by atoms with E-state index in [-0.39, 0.29) is 23.8 Å². The summed E-state index contributed by atoms with van der Waals surface area (Å²) >= 11 is 1.55. The monoisotopic (exact) mass is 430 g/mol. The molecule has 11 heteroatoms. The minimum absolute atomic E-state index is 0.0214. The molecule has 0 fully saturated rings. The van der Waals surface area contributed by atoms with Crippen LogP contribution in [-0.4, -0.2) is 34.3 Å². The molecule has 1 aliphatic heterocycles. The number of nitrogens with one attached hydrogen (secondary N) is 1. The largest absolute Gasteiger partial charge is 0.454 e. The first-order valence-corrected chi connectivity index (χ1v) is 10.2. The van der Waals surface area contributed by atoms with Gasteiger partial charge in [0, 0.05) is 19.0 Å². The second kappa shape index (κ2) is 8.91. The third-order valence-electron chi connectivity index (χ3n) is 4.49. The fourth-order valence-electron chi connectivity index (χ4n) is 3.00. The fraction of sp³-hybridized carbons (Fsp3) is 0.316. The second-order valence-electron chi connectivity index (χ2n) is 6.54. The zero-order chi connectivity index (χ0) is 20.9. The highest BCUT2D eigenvalue weighted by molar-refractivity contribution is 7.13. The second-order valence-corrected chi connectivity index (χ2v) is 7.48. The van der Waals surface area contributed by atoms with Gasteiger partial charge in [-0.25, -0.2) is 0 Å². The van der Waals surface area contributed by atoms with Gasteiger partial charge in [0.15, 0.2) is 11.5 Å². The number of aromatic nitrogens is 2. The predicted molar refractivity (Wildman–Crippen MR) is 107 cm³/mol. The van der Waals surface area contributed by atoms with Crippen molar-refractivity contribution in [3.63, 3.8) is 0 Å². The van der Waals surface area contributed by atoms with Crippen LogP contribution in [0.15, 0.2) is 34.2 Å². The van der Waals surface area contributed by atoms with Crippen LogP contribution in [0.4, 0.5) is 5.69 Å². The Bertz CT molecular complexity index is 1050. The van der Waals surface area contributed by atoms with Crippen LogP contribution in [0.3, 0.4) is 0 Å². The first-order chi connectivity index (χ1) is 14.6. The van der Waals surface area contributed by atoms with Crippen LogP contribution in [0.1, 0.15) is 35.5 Å². The minimum atomic E-state index is -0.605. The summed E-state index contributed by atoms with van der Waals surface area (Å²) in [5.74, 6) is 1.25. The van der Waals surface area contributed by atoms with Crippen molar-refractivity contribution in [3.8, 4) is 22.2 Å². The molecule has 4 rings (SSSR count). The van der Waals surface area contributed by atoms with Gasteiger partial charge in [-0.1, -0.05) is 17.6 Å². The van der Waals surface area contributed by atoms with E-state index in [1.807, 2.05) is 17.5 Å². The molecule has 10 nitrogen and oxygen atoms in total. The van der Waals surface area contributed by atoms with Crippen LogP contribution in [0.2, 0.25) is 0 Å². The summed E-state index contributed by atoms with van der Waals surface area (Å²) in [5, 5.41) is 19.9. The zero-order valence-corrected chi connectivity index (χ0v) is 16.6. The minimum Gasteiger partial charge on any atom is -0.454 e. The number of carbonyl (C=O) groups excluding carboxylic acids is 1. The number of aryl methyl sites for hydroxylation is 1. The molecule has 2 aromatic heterocycles. The van der Waals surface area contributed by atoms with Gasteiger partial charge in [0.25, 0.3) is 11.6 Å². The molecular formula is C19H18N4O6S. The highest BCUT2D eigenvalue weighted by Gasteiger charge is 2.27. The molecule has 30 heavy (non-hydrogen) atoms. The maximum atomic E-state index is 12.4. The van der Waals surface area contributed by atoms with Crippen molar-refractivity contribution < 1.29 is 23.7 Å². The molecule has 1 aromatic carbocycles. The number of nitro benzene ring substituents is 1. The van der Waals surface area contributed by atoms with E-state index < -0.39 is 10.8 Å². The van der Waals surface area contributed by atoms with E-state index in [9.17, 15) is 14.9 Å². The SMILES string of the molecule is O=C(NCCCCCc1nc(-c2cccs2)no1)c1cc2c(cc1[N+](=O)[O-])OCO2. The maximum Gasteiger partial charge on any atom is 0.286 e. The number of benzene rings is 1. The quantitative estimate of drug-likeness (QED) is 0.310. The smallest absolute Gasteiger partial charge is 0.286 e. The standard InChI is InChI=1S/C19H18N4O6S/c24-19(12-9-14-15(28-11-27-14)10-13(12)23(25)26)20-7-3-1-2-6-17-21-18(22-29-17)16-5-4-8-30-16/h4-5,8-10H,1-3,6-7,11H2,(H,20,24). The number of thiophene rings is 1. The van der Waals surface area contributed by atoms with Crippen molar-refractivity contribution in [1.29, 1.82) is 0 Å². The molecule has 0 unspecified atom stereocenters. The molecule has 1 aliphatic rings. The molecule has 3 aromatic rings. The van der Waals surface area contributed by atoms with Crippen molar-refractivity contribution in [2.45, 2.75) is 25.7 Å². The lowest BCUT2D eigenvalue weighted by Gasteiger charge is -2.07. The topological polar surface area (TPSA) is 130 Å². The highest BCUT2D eigenvalue weighted by Crippen LogP contribution is 2.37. The lowest BCUT2D eigenvalue weighted by Crippen LogP contribution is -2.25. The Morgan fingerprint density at radius 1 is 1.23 bits per heavy atom. The molecule has 1 N–H and O–H groups in total. The summed E-state index contributed by atoms with van der Waals surface area (Å²) in [5.41, 5.74) is -0.356. The predicted octanol–water partition coefficient (Wildman–Crippen LogP) is 3.58. The number of fused-ring (bicyclic) bond motifs is 1. The summed E-state index contributed by atoms with van der Waals surface area (Å²) in [4.78, 5) is 28.4. The van der Waals surface area contributed by atoms with E-state index in [1.165, 1.54) is 12.1 Å². The number of amides is 1. The number of hydrogen-bond acceptors (Lipinski definition) is 9. The summed E-state index contributed by atoms with van der Waals surface area (Å²) in [6, 6.07) is 6.43. The summed E-state index contributed by atoms with van der Waals surface area (Å²) in [6.07, 6.45) is 3.03. The third-order valence-corrected chi connectivity index (χ3v) is 5.36.